The number of hydrogen-bond donors (Lipinski definition) is 1. The smallest absolute Gasteiger partial charge is 0.249 e. The number of nitrogens with one attached hydrogen (secondary N) is 1. The third-order valence-corrected chi connectivity index (χ3v) is 6.02. The van der Waals surface area contributed by atoms with Gasteiger partial charge in [-0.05, 0) is 41.9 Å². The molecule has 152 valence electrons. The summed E-state index contributed by atoms with van der Waals surface area (Å²) in [6.07, 6.45) is 3.92. The summed E-state index contributed by atoms with van der Waals surface area (Å²) in [6.45, 7) is -0.230. The first-order chi connectivity index (χ1) is 13.8. The van der Waals surface area contributed by atoms with Crippen LogP contribution in [0.15, 0.2) is 47.6 Å². The second-order valence-electron chi connectivity index (χ2n) is 7.09. The summed E-state index contributed by atoms with van der Waals surface area (Å²) >= 11 is 1.59. The Morgan fingerprint density at radius 2 is 2.10 bits per heavy atom. The van der Waals surface area contributed by atoms with Crippen molar-refractivity contribution in [3.05, 3.63) is 53.5 Å². The number of carbonyl (C=O) groups excluding carboxylic acids is 1. The zero-order valence-electron chi connectivity index (χ0n) is 15.9. The van der Waals surface area contributed by atoms with Gasteiger partial charge in [0.05, 0.1) is 17.6 Å². The zero-order chi connectivity index (χ0) is 21.0. The van der Waals surface area contributed by atoms with Crippen LogP contribution in [0.3, 0.4) is 0 Å². The van der Waals surface area contributed by atoms with Crippen LogP contribution in [0.1, 0.15) is 30.7 Å². The first-order valence-corrected chi connectivity index (χ1v) is 10.5. The fourth-order valence-electron chi connectivity index (χ4n) is 3.86. The van der Waals surface area contributed by atoms with E-state index in [1.807, 2.05) is 30.5 Å². The number of benzene rings is 1. The summed E-state index contributed by atoms with van der Waals surface area (Å²) in [5.41, 5.74) is 2.11. The fraction of sp³-hybridized carbons (Fsp3) is 0.381. The molecule has 0 saturated heterocycles. The Kier molecular flexibility index (Phi) is 6.38. The number of nitriles is 1. The molecule has 1 N–H and O–H groups in total. The van der Waals surface area contributed by atoms with E-state index >= 15 is 0 Å². The molecular weight excluding hydrogens is 396 g/mol. The number of carbonyl (C=O) groups is 1. The second kappa shape index (κ2) is 8.78. The first-order valence-electron chi connectivity index (χ1n) is 9.24. The van der Waals surface area contributed by atoms with Crippen molar-refractivity contribution in [1.82, 2.24) is 5.32 Å². The Morgan fingerprint density at radius 3 is 2.76 bits per heavy atom. The molecule has 1 aromatic carbocycles. The molecule has 0 bridgehead atoms. The van der Waals surface area contributed by atoms with E-state index in [0.29, 0.717) is 15.9 Å². The maximum absolute atomic E-state index is 14.1. The number of halogens is 2. The molecule has 5 nitrogen and oxygen atoms in total. The molecular formula is C21H21F2N3O2S. The molecule has 1 aliphatic carbocycles. The number of hydrogen-bond acceptors (Lipinski definition) is 4. The fourth-order valence-corrected chi connectivity index (χ4v) is 4.27. The molecule has 1 fully saturated rings. The van der Waals surface area contributed by atoms with E-state index in [-0.39, 0.29) is 19.4 Å². The van der Waals surface area contributed by atoms with Crippen molar-refractivity contribution >= 4 is 17.7 Å². The van der Waals surface area contributed by atoms with Crippen LogP contribution in [0.5, 0.6) is 0 Å². The molecule has 2 atom stereocenters. The highest BCUT2D eigenvalue weighted by Crippen LogP contribution is 2.47. The Morgan fingerprint density at radius 1 is 1.38 bits per heavy atom. The Hall–Kier alpha value is -2.66. The lowest BCUT2D eigenvalue weighted by atomic mass is 9.72. The molecule has 3 rings (SSSR count). The number of rotatable bonds is 5. The lowest BCUT2D eigenvalue weighted by Gasteiger charge is -2.36. The van der Waals surface area contributed by atoms with Gasteiger partial charge < -0.3 is 10.5 Å². The molecule has 29 heavy (non-hydrogen) atoms. The van der Waals surface area contributed by atoms with Gasteiger partial charge in [0.25, 0.3) is 0 Å². The largest absolute Gasteiger partial charge is 0.619 e. The molecule has 1 aliphatic rings. The molecule has 1 heterocycles. The van der Waals surface area contributed by atoms with Crippen molar-refractivity contribution in [2.45, 2.75) is 36.0 Å². The molecule has 0 spiro atoms. The van der Waals surface area contributed by atoms with Gasteiger partial charge in [-0.25, -0.2) is 8.78 Å². The van der Waals surface area contributed by atoms with Crippen LogP contribution in [0.4, 0.5) is 8.78 Å². The predicted molar refractivity (Wildman–Crippen MR) is 106 cm³/mol. The number of nitrogens with zero attached hydrogens (tertiary/aromatic N) is 2. The number of alkyl halides is 2. The van der Waals surface area contributed by atoms with Gasteiger partial charge in [-0.1, -0.05) is 12.1 Å². The summed E-state index contributed by atoms with van der Waals surface area (Å²) in [4.78, 5) is 13.6. The minimum Gasteiger partial charge on any atom is -0.619 e. The van der Waals surface area contributed by atoms with Crippen molar-refractivity contribution in [1.29, 1.82) is 5.26 Å². The van der Waals surface area contributed by atoms with Crippen LogP contribution in [0, 0.1) is 22.5 Å². The standard InChI is InChI=1S/C21H21F2N3O2S/c1-29-15-4-2-14(3-5-15)19-13-26(28)11-7-17(19)16-6-8-21(22,23)12-18(16)20(27)25-10-9-24/h2-5,7,11,13,16,18H,6,8,10,12H2,1H3,(H,25,27). The van der Waals surface area contributed by atoms with E-state index < -0.39 is 30.1 Å². The average molecular weight is 417 g/mol. The maximum atomic E-state index is 14.1. The highest BCUT2D eigenvalue weighted by Gasteiger charge is 2.45. The number of aromatic nitrogens is 1. The second-order valence-corrected chi connectivity index (χ2v) is 7.97. The minimum atomic E-state index is -2.93. The number of pyridine rings is 1. The quantitative estimate of drug-likeness (QED) is 0.347. The summed E-state index contributed by atoms with van der Waals surface area (Å²) in [5, 5.41) is 23.1. The maximum Gasteiger partial charge on any atom is 0.249 e. The van der Waals surface area contributed by atoms with E-state index in [2.05, 4.69) is 5.32 Å². The third kappa shape index (κ3) is 4.85. The van der Waals surface area contributed by atoms with E-state index in [1.54, 1.807) is 23.9 Å². The van der Waals surface area contributed by atoms with Gasteiger partial charge in [0.2, 0.25) is 11.8 Å². The monoisotopic (exact) mass is 417 g/mol. The lowest BCUT2D eigenvalue weighted by molar-refractivity contribution is -0.604. The van der Waals surface area contributed by atoms with E-state index in [9.17, 15) is 18.8 Å². The molecule has 8 heteroatoms. The van der Waals surface area contributed by atoms with Crippen molar-refractivity contribution < 1.29 is 18.3 Å². The highest BCUT2D eigenvalue weighted by molar-refractivity contribution is 7.98. The van der Waals surface area contributed by atoms with Crippen LogP contribution in [0.25, 0.3) is 11.1 Å². The van der Waals surface area contributed by atoms with E-state index in [4.69, 9.17) is 5.26 Å². The van der Waals surface area contributed by atoms with Crippen molar-refractivity contribution in [3.63, 3.8) is 0 Å². The summed E-state index contributed by atoms with van der Waals surface area (Å²) < 4.78 is 28.9. The van der Waals surface area contributed by atoms with Gasteiger partial charge in [-0.2, -0.15) is 9.99 Å². The van der Waals surface area contributed by atoms with Gasteiger partial charge in [0.15, 0.2) is 12.4 Å². The van der Waals surface area contributed by atoms with Crippen molar-refractivity contribution in [3.8, 4) is 17.2 Å². The Balaban J connectivity index is 2.02. The zero-order valence-corrected chi connectivity index (χ0v) is 16.7. The van der Waals surface area contributed by atoms with E-state index in [1.165, 1.54) is 12.4 Å². The minimum absolute atomic E-state index is 0.121. The molecule has 2 unspecified atom stereocenters. The molecule has 0 aliphatic heterocycles. The normalized spacial score (nSPS) is 20.6. The summed E-state index contributed by atoms with van der Waals surface area (Å²) in [7, 11) is 0. The summed E-state index contributed by atoms with van der Waals surface area (Å²) in [6, 6.07) is 11.0. The van der Waals surface area contributed by atoms with Gasteiger partial charge in [0.1, 0.15) is 6.54 Å². The number of thioether (sulfide) groups is 1. The Bertz CT molecular complexity index is 929. The topological polar surface area (TPSA) is 79.8 Å². The molecule has 1 aromatic heterocycles. The summed E-state index contributed by atoms with van der Waals surface area (Å²) in [5.74, 6) is -4.93. The molecule has 2 aromatic rings. The molecule has 1 saturated carbocycles. The van der Waals surface area contributed by atoms with Crippen LogP contribution >= 0.6 is 11.8 Å². The third-order valence-electron chi connectivity index (χ3n) is 5.27. The van der Waals surface area contributed by atoms with Gasteiger partial charge in [-0.15, -0.1) is 11.8 Å². The average Bonchev–Trinajstić information content (AvgIpc) is 2.71. The SMILES string of the molecule is CSc1ccc(-c2c[n+]([O-])ccc2C2CCC(F)(F)CC2C(=O)NCC#N)cc1. The Labute approximate surface area is 172 Å². The van der Waals surface area contributed by atoms with Crippen LogP contribution in [0.2, 0.25) is 0 Å². The van der Waals surface area contributed by atoms with Gasteiger partial charge >= 0.3 is 0 Å². The van der Waals surface area contributed by atoms with Gasteiger partial charge in [0, 0.05) is 23.8 Å². The molecule has 1 amide bonds. The van der Waals surface area contributed by atoms with Crippen LogP contribution in [-0.2, 0) is 4.79 Å². The van der Waals surface area contributed by atoms with Crippen LogP contribution in [-0.4, -0.2) is 24.6 Å². The first kappa shape index (κ1) is 21.1. The predicted octanol–water partition coefficient (Wildman–Crippen LogP) is 3.87. The van der Waals surface area contributed by atoms with Crippen molar-refractivity contribution in [2.24, 2.45) is 5.92 Å². The van der Waals surface area contributed by atoms with Crippen LogP contribution < -0.4 is 10.0 Å². The molecule has 0 radical (unpaired) electrons. The van der Waals surface area contributed by atoms with Crippen molar-refractivity contribution in [2.75, 3.05) is 12.8 Å². The number of amides is 1. The van der Waals surface area contributed by atoms with E-state index in [0.717, 1.165) is 10.5 Å². The lowest BCUT2D eigenvalue weighted by Crippen LogP contribution is -2.42. The van der Waals surface area contributed by atoms with Gasteiger partial charge in [-0.3, -0.25) is 4.79 Å². The highest BCUT2D eigenvalue weighted by atomic mass is 32.2.